The molecule has 4 N–H and O–H groups in total. The van der Waals surface area contributed by atoms with Gasteiger partial charge in [0.15, 0.2) is 5.72 Å². The smallest absolute Gasteiger partial charge is 0.251 e. The van der Waals surface area contributed by atoms with E-state index in [4.69, 9.17) is 9.57 Å². The quantitative estimate of drug-likeness (QED) is 0.430. The maximum Gasteiger partial charge on any atom is 0.251 e. The van der Waals surface area contributed by atoms with Crippen LogP contribution in [0.2, 0.25) is 0 Å². The van der Waals surface area contributed by atoms with Crippen molar-refractivity contribution < 1.29 is 19.5 Å². The second-order valence-corrected chi connectivity index (χ2v) is 10.9. The number of rotatable bonds is 7. The fourth-order valence-electron chi connectivity index (χ4n) is 6.34. The topological polar surface area (TPSA) is 91.9 Å². The second kappa shape index (κ2) is 12.0. The van der Waals surface area contributed by atoms with E-state index < -0.39 is 5.72 Å². The largest absolute Gasteiger partial charge is 0.392 e. The van der Waals surface area contributed by atoms with Crippen molar-refractivity contribution in [3.8, 4) is 0 Å². The van der Waals surface area contributed by atoms with Gasteiger partial charge in [-0.05, 0) is 60.1 Å². The summed E-state index contributed by atoms with van der Waals surface area (Å²) in [5.41, 5.74) is 7.65. The summed E-state index contributed by atoms with van der Waals surface area (Å²) in [4.78, 5) is 19.2. The van der Waals surface area contributed by atoms with Crippen LogP contribution in [-0.4, -0.2) is 30.5 Å². The van der Waals surface area contributed by atoms with Gasteiger partial charge in [0.1, 0.15) is 6.17 Å². The van der Waals surface area contributed by atoms with E-state index in [0.29, 0.717) is 18.1 Å². The predicted molar refractivity (Wildman–Crippen MR) is 142 cm³/mol. The van der Waals surface area contributed by atoms with Gasteiger partial charge in [-0.25, -0.2) is 0 Å². The summed E-state index contributed by atoms with van der Waals surface area (Å²) in [6.07, 6.45) is 11.7. The molecule has 2 aromatic rings. The molecule has 7 nitrogen and oxygen atoms in total. The van der Waals surface area contributed by atoms with Gasteiger partial charge in [-0.1, -0.05) is 68.9 Å². The molecule has 2 fully saturated rings. The highest BCUT2D eigenvalue weighted by Crippen LogP contribution is 2.38. The minimum Gasteiger partial charge on any atom is -0.392 e. The molecule has 37 heavy (non-hydrogen) atoms. The molecule has 2 aromatic carbocycles. The maximum atomic E-state index is 12.9. The van der Waals surface area contributed by atoms with Crippen molar-refractivity contribution in [2.24, 2.45) is 5.92 Å². The number of carbonyl (C=O) groups is 1. The van der Waals surface area contributed by atoms with Gasteiger partial charge >= 0.3 is 0 Å². The van der Waals surface area contributed by atoms with Crippen molar-refractivity contribution in [2.45, 2.75) is 88.7 Å². The average molecular weight is 508 g/mol. The molecular weight excluding hydrogens is 466 g/mol. The number of aliphatic hydroxyl groups excluding tert-OH is 1. The Kier molecular flexibility index (Phi) is 8.57. The van der Waals surface area contributed by atoms with E-state index in [1.165, 1.54) is 49.7 Å². The number of carbonyl (C=O) groups excluding carboxylic acids is 1. The first kappa shape index (κ1) is 26.3. The molecule has 1 saturated carbocycles. The normalized spacial score (nSPS) is 26.8. The van der Waals surface area contributed by atoms with Crippen molar-refractivity contribution in [2.75, 3.05) is 13.7 Å². The molecule has 5 rings (SSSR count). The molecule has 0 bridgehead atoms. The Morgan fingerprint density at radius 2 is 1.86 bits per heavy atom. The first-order valence-corrected chi connectivity index (χ1v) is 14.0. The van der Waals surface area contributed by atoms with Crippen LogP contribution in [0.4, 0.5) is 0 Å². The molecule has 2 aliphatic carbocycles. The lowest BCUT2D eigenvalue weighted by Gasteiger charge is -2.35. The molecule has 0 spiro atoms. The lowest BCUT2D eigenvalue weighted by molar-refractivity contribution is -0.140. The molecule has 1 heterocycles. The summed E-state index contributed by atoms with van der Waals surface area (Å²) < 4.78 is 5.66. The van der Waals surface area contributed by atoms with Gasteiger partial charge < -0.3 is 15.2 Å². The maximum absolute atomic E-state index is 12.9. The van der Waals surface area contributed by atoms with E-state index in [1.54, 1.807) is 25.3 Å². The summed E-state index contributed by atoms with van der Waals surface area (Å²) in [7, 11) is 1.75. The van der Waals surface area contributed by atoms with Crippen LogP contribution in [-0.2, 0) is 22.6 Å². The number of aryl methyl sites for hydroxylation is 1. The molecule has 1 aliphatic heterocycles. The van der Waals surface area contributed by atoms with Crippen LogP contribution in [0, 0.1) is 5.92 Å². The van der Waals surface area contributed by atoms with Gasteiger partial charge in [-0.2, -0.15) is 5.48 Å². The Morgan fingerprint density at radius 3 is 2.62 bits per heavy atom. The molecule has 0 aromatic heterocycles. The van der Waals surface area contributed by atoms with Crippen LogP contribution in [0.25, 0.3) is 0 Å². The van der Waals surface area contributed by atoms with Crippen molar-refractivity contribution in [1.82, 2.24) is 16.1 Å². The lowest BCUT2D eigenvalue weighted by atomic mass is 9.86. The number of fused-ring (bicyclic) bond motifs is 1. The summed E-state index contributed by atoms with van der Waals surface area (Å²) >= 11 is 0. The fourth-order valence-corrected chi connectivity index (χ4v) is 6.34. The molecule has 3 atom stereocenters. The van der Waals surface area contributed by atoms with E-state index in [0.717, 1.165) is 36.8 Å². The van der Waals surface area contributed by atoms with Gasteiger partial charge in [0.2, 0.25) is 0 Å². The van der Waals surface area contributed by atoms with Crippen LogP contribution in [0.15, 0.2) is 42.5 Å². The zero-order valence-corrected chi connectivity index (χ0v) is 21.9. The van der Waals surface area contributed by atoms with Crippen molar-refractivity contribution >= 4 is 5.91 Å². The standard InChI is InChI=1S/C30H41N3O4/c1-36-20-30(25-11-6-4-2-3-5-7-12-25)32-28(33-37-30)23-13-15-26-22(18-23)14-16-27(26)31-29(35)24-10-8-9-21(17-24)19-34/h8-10,13,15,17-18,25,27-28,32-34H,2-7,11-12,14,16,19-20H2,1H3,(H,31,35)/t27-,28?,30?/m1/s1. The van der Waals surface area contributed by atoms with Crippen LogP contribution in [0.5, 0.6) is 0 Å². The monoisotopic (exact) mass is 507 g/mol. The molecule has 7 heteroatoms. The van der Waals surface area contributed by atoms with E-state index >= 15 is 0 Å². The molecule has 1 saturated heterocycles. The Balaban J connectivity index is 1.27. The minimum atomic E-state index is -0.525. The third-order valence-corrected chi connectivity index (χ3v) is 8.38. The average Bonchev–Trinajstić information content (AvgIpc) is 3.56. The van der Waals surface area contributed by atoms with Gasteiger partial charge in [-0.3, -0.25) is 14.9 Å². The molecule has 0 radical (unpaired) electrons. The van der Waals surface area contributed by atoms with Gasteiger partial charge in [0.25, 0.3) is 5.91 Å². The number of hydrogen-bond acceptors (Lipinski definition) is 6. The number of ether oxygens (including phenoxy) is 1. The highest BCUT2D eigenvalue weighted by Gasteiger charge is 2.47. The molecule has 2 unspecified atom stereocenters. The Bertz CT molecular complexity index is 1070. The number of nitrogens with one attached hydrogen (secondary N) is 3. The second-order valence-electron chi connectivity index (χ2n) is 10.9. The molecule has 1 amide bonds. The lowest BCUT2D eigenvalue weighted by Crippen LogP contribution is -2.52. The SMILES string of the molecule is COCC1(C2CCCCCCCC2)NC(c2ccc3c(c2)CC[C@H]3NC(=O)c2cccc(CO)c2)NO1. The van der Waals surface area contributed by atoms with Crippen LogP contribution in [0.3, 0.4) is 0 Å². The Morgan fingerprint density at radius 1 is 1.08 bits per heavy atom. The third kappa shape index (κ3) is 5.91. The van der Waals surface area contributed by atoms with Gasteiger partial charge in [0, 0.05) is 18.6 Å². The number of hydroxylamine groups is 1. The summed E-state index contributed by atoms with van der Waals surface area (Å²) in [6, 6.07) is 13.7. The Hall–Kier alpha value is -2.29. The molecule has 200 valence electrons. The van der Waals surface area contributed by atoms with Crippen molar-refractivity contribution in [3.05, 3.63) is 70.3 Å². The van der Waals surface area contributed by atoms with E-state index in [1.807, 2.05) is 6.07 Å². The highest BCUT2D eigenvalue weighted by atomic mass is 16.7. The molecule has 3 aliphatic rings. The van der Waals surface area contributed by atoms with Gasteiger partial charge in [0.05, 0.1) is 19.3 Å². The van der Waals surface area contributed by atoms with Crippen molar-refractivity contribution in [3.63, 3.8) is 0 Å². The van der Waals surface area contributed by atoms with Gasteiger partial charge in [-0.15, -0.1) is 0 Å². The molecular formula is C30H41N3O4. The first-order chi connectivity index (χ1) is 18.1. The van der Waals surface area contributed by atoms with Crippen LogP contribution >= 0.6 is 0 Å². The van der Waals surface area contributed by atoms with Crippen molar-refractivity contribution in [1.29, 1.82) is 0 Å². The predicted octanol–water partition coefficient (Wildman–Crippen LogP) is 4.81. The Labute approximate surface area is 220 Å². The summed E-state index contributed by atoms with van der Waals surface area (Å²) in [5.74, 6) is 0.297. The number of methoxy groups -OCH3 is 1. The fraction of sp³-hybridized carbons (Fsp3) is 0.567. The highest BCUT2D eigenvalue weighted by molar-refractivity contribution is 5.94. The number of amides is 1. The number of benzene rings is 2. The summed E-state index contributed by atoms with van der Waals surface area (Å²) in [5, 5.41) is 16.4. The zero-order chi connectivity index (χ0) is 25.7. The minimum absolute atomic E-state index is 0.0125. The van der Waals surface area contributed by atoms with Crippen LogP contribution < -0.4 is 16.1 Å². The van der Waals surface area contributed by atoms with E-state index in [2.05, 4.69) is 34.3 Å². The third-order valence-electron chi connectivity index (χ3n) is 8.38. The zero-order valence-electron chi connectivity index (χ0n) is 21.9. The number of hydrogen-bond donors (Lipinski definition) is 4. The van der Waals surface area contributed by atoms with E-state index in [9.17, 15) is 9.90 Å². The van der Waals surface area contributed by atoms with E-state index in [-0.39, 0.29) is 24.7 Å². The first-order valence-electron chi connectivity index (χ1n) is 14.0. The summed E-state index contributed by atoms with van der Waals surface area (Å²) in [6.45, 7) is 0.438. The number of aliphatic hydroxyl groups is 1. The van der Waals surface area contributed by atoms with Crippen LogP contribution in [0.1, 0.15) is 103 Å².